The summed E-state index contributed by atoms with van der Waals surface area (Å²) in [6.45, 7) is 0.590. The van der Waals surface area contributed by atoms with Crippen LogP contribution in [0.3, 0.4) is 0 Å². The number of hydrogen-bond acceptors (Lipinski definition) is 3. The van der Waals surface area contributed by atoms with Crippen molar-refractivity contribution in [1.29, 1.82) is 0 Å². The molecule has 1 aromatic heterocycles. The molecule has 2 aromatic rings. The molecule has 1 aliphatic carbocycles. The minimum absolute atomic E-state index is 0.0750. The van der Waals surface area contributed by atoms with Gasteiger partial charge in [-0.2, -0.15) is 4.31 Å². The highest BCUT2D eigenvalue weighted by molar-refractivity contribution is 7.89. The van der Waals surface area contributed by atoms with Gasteiger partial charge in [-0.3, -0.25) is 4.98 Å². The second-order valence-electron chi connectivity index (χ2n) is 6.69. The van der Waals surface area contributed by atoms with Crippen molar-refractivity contribution in [1.82, 2.24) is 9.29 Å². The second kappa shape index (κ2) is 6.30. The van der Waals surface area contributed by atoms with Crippen LogP contribution in [0.15, 0.2) is 47.6 Å². The average molecular weight is 342 g/mol. The number of fused-ring (bicyclic) bond motifs is 1. The van der Waals surface area contributed by atoms with Crippen molar-refractivity contribution in [3.05, 3.63) is 59.4 Å². The first-order valence-corrected chi connectivity index (χ1v) is 10.1. The lowest BCUT2D eigenvalue weighted by Gasteiger charge is -2.25. The van der Waals surface area contributed by atoms with E-state index in [-0.39, 0.29) is 6.04 Å². The lowest BCUT2D eigenvalue weighted by molar-refractivity contribution is 0.396. The van der Waals surface area contributed by atoms with Gasteiger partial charge in [-0.15, -0.1) is 0 Å². The maximum absolute atomic E-state index is 13.2. The molecule has 0 saturated carbocycles. The predicted octanol–water partition coefficient (Wildman–Crippen LogP) is 3.49. The molecule has 1 aromatic carbocycles. The summed E-state index contributed by atoms with van der Waals surface area (Å²) in [7, 11) is -3.46. The fraction of sp³-hybridized carbons (Fsp3) is 0.421. The number of aromatic nitrogens is 1. The number of aryl methyl sites for hydroxylation is 2. The van der Waals surface area contributed by atoms with E-state index < -0.39 is 10.0 Å². The quantitative estimate of drug-likeness (QED) is 0.858. The highest BCUT2D eigenvalue weighted by atomic mass is 32.2. The van der Waals surface area contributed by atoms with Gasteiger partial charge in [-0.05, 0) is 79.5 Å². The Labute approximate surface area is 143 Å². The highest BCUT2D eigenvalue weighted by Gasteiger charge is 2.36. The Hall–Kier alpha value is -1.72. The summed E-state index contributed by atoms with van der Waals surface area (Å²) < 4.78 is 28.1. The lowest BCUT2D eigenvalue weighted by atomic mass is 9.92. The van der Waals surface area contributed by atoms with E-state index in [4.69, 9.17) is 0 Å². The molecule has 2 heterocycles. The summed E-state index contributed by atoms with van der Waals surface area (Å²) in [6, 6.07) is 9.48. The molecule has 5 heteroatoms. The number of hydrogen-bond donors (Lipinski definition) is 0. The van der Waals surface area contributed by atoms with Crippen molar-refractivity contribution in [2.75, 3.05) is 6.54 Å². The monoisotopic (exact) mass is 342 g/mol. The van der Waals surface area contributed by atoms with Crippen LogP contribution in [0, 0.1) is 0 Å². The average Bonchev–Trinajstić information content (AvgIpc) is 3.13. The van der Waals surface area contributed by atoms with Crippen molar-refractivity contribution < 1.29 is 8.42 Å². The molecule has 1 aliphatic heterocycles. The lowest BCUT2D eigenvalue weighted by Crippen LogP contribution is -2.30. The van der Waals surface area contributed by atoms with Gasteiger partial charge in [-0.1, -0.05) is 6.07 Å². The van der Waals surface area contributed by atoms with Crippen molar-refractivity contribution in [3.63, 3.8) is 0 Å². The van der Waals surface area contributed by atoms with E-state index >= 15 is 0 Å². The van der Waals surface area contributed by atoms with E-state index in [0.717, 1.165) is 37.7 Å². The van der Waals surface area contributed by atoms with E-state index in [0.29, 0.717) is 11.4 Å². The molecule has 0 unspecified atom stereocenters. The van der Waals surface area contributed by atoms with Crippen molar-refractivity contribution >= 4 is 10.0 Å². The van der Waals surface area contributed by atoms with Crippen LogP contribution in [0.1, 0.15) is 48.4 Å². The van der Waals surface area contributed by atoms with Gasteiger partial charge in [-0.25, -0.2) is 8.42 Å². The normalized spacial score (nSPS) is 21.6. The van der Waals surface area contributed by atoms with E-state index in [1.54, 1.807) is 22.8 Å². The van der Waals surface area contributed by atoms with E-state index in [1.165, 1.54) is 17.5 Å². The van der Waals surface area contributed by atoms with Crippen LogP contribution in [0.5, 0.6) is 0 Å². The van der Waals surface area contributed by atoms with Gasteiger partial charge in [0.05, 0.1) is 10.9 Å². The fourth-order valence-corrected chi connectivity index (χ4v) is 5.69. The molecule has 126 valence electrons. The smallest absolute Gasteiger partial charge is 0.243 e. The van der Waals surface area contributed by atoms with Crippen LogP contribution < -0.4 is 0 Å². The Morgan fingerprint density at radius 2 is 1.71 bits per heavy atom. The summed E-state index contributed by atoms with van der Waals surface area (Å²) in [5.74, 6) is 0. The molecule has 0 N–H and O–H groups in total. The molecule has 4 rings (SSSR count). The zero-order valence-corrected chi connectivity index (χ0v) is 14.5. The maximum Gasteiger partial charge on any atom is 0.243 e. The minimum Gasteiger partial charge on any atom is -0.265 e. The van der Waals surface area contributed by atoms with Crippen LogP contribution in [-0.2, 0) is 22.9 Å². The van der Waals surface area contributed by atoms with E-state index in [2.05, 4.69) is 4.98 Å². The van der Waals surface area contributed by atoms with Crippen molar-refractivity contribution in [2.45, 2.75) is 49.5 Å². The number of sulfonamides is 1. The van der Waals surface area contributed by atoms with Gasteiger partial charge in [0.1, 0.15) is 0 Å². The third-order valence-corrected chi connectivity index (χ3v) is 7.13. The third-order valence-electron chi connectivity index (χ3n) is 5.22. The third kappa shape index (κ3) is 2.76. The SMILES string of the molecule is O=S(=O)(c1ccc2c(c1)CCCC2)N1CCC[C@@H]1c1ccncc1. The van der Waals surface area contributed by atoms with E-state index in [9.17, 15) is 8.42 Å². The Bertz CT molecular complexity index is 834. The molecular weight excluding hydrogens is 320 g/mol. The van der Waals surface area contributed by atoms with Crippen molar-refractivity contribution in [2.24, 2.45) is 0 Å². The Kier molecular flexibility index (Phi) is 4.14. The van der Waals surface area contributed by atoms with Crippen molar-refractivity contribution in [3.8, 4) is 0 Å². The number of nitrogens with zero attached hydrogens (tertiary/aromatic N) is 2. The summed E-state index contributed by atoms with van der Waals surface area (Å²) in [4.78, 5) is 4.49. The molecule has 0 spiro atoms. The summed E-state index contributed by atoms with van der Waals surface area (Å²) in [6.07, 6.45) is 9.65. The van der Waals surface area contributed by atoms with Gasteiger partial charge in [0.15, 0.2) is 0 Å². The zero-order chi connectivity index (χ0) is 16.6. The minimum atomic E-state index is -3.46. The van der Waals surface area contributed by atoms with Gasteiger partial charge in [0.25, 0.3) is 0 Å². The first kappa shape index (κ1) is 15.8. The molecule has 1 atom stereocenters. The summed E-state index contributed by atoms with van der Waals surface area (Å²) in [5, 5.41) is 0. The van der Waals surface area contributed by atoms with Crippen LogP contribution in [0.25, 0.3) is 0 Å². The standard InChI is InChI=1S/C19H22N2O2S/c22-24(23,18-8-7-15-4-1-2-5-17(15)14-18)21-13-3-6-19(21)16-9-11-20-12-10-16/h7-12,14,19H,1-6,13H2/t19-/m1/s1. The molecule has 0 amide bonds. The molecule has 0 radical (unpaired) electrons. The molecule has 24 heavy (non-hydrogen) atoms. The molecular formula is C19H22N2O2S. The molecule has 1 fully saturated rings. The second-order valence-corrected chi connectivity index (χ2v) is 8.58. The first-order valence-electron chi connectivity index (χ1n) is 8.70. The van der Waals surface area contributed by atoms with Crippen LogP contribution >= 0.6 is 0 Å². The van der Waals surface area contributed by atoms with Crippen LogP contribution in [0.4, 0.5) is 0 Å². The van der Waals surface area contributed by atoms with Crippen LogP contribution in [-0.4, -0.2) is 24.3 Å². The van der Waals surface area contributed by atoms with Gasteiger partial charge in [0, 0.05) is 18.9 Å². The number of benzene rings is 1. The van der Waals surface area contributed by atoms with E-state index in [1.807, 2.05) is 24.3 Å². The molecule has 0 bridgehead atoms. The van der Waals surface area contributed by atoms with Gasteiger partial charge < -0.3 is 0 Å². The summed E-state index contributed by atoms with van der Waals surface area (Å²) >= 11 is 0. The number of pyridine rings is 1. The largest absolute Gasteiger partial charge is 0.265 e. The molecule has 4 nitrogen and oxygen atoms in total. The molecule has 1 saturated heterocycles. The Morgan fingerprint density at radius 3 is 2.50 bits per heavy atom. The Morgan fingerprint density at radius 1 is 0.958 bits per heavy atom. The van der Waals surface area contributed by atoms with Crippen LogP contribution in [0.2, 0.25) is 0 Å². The predicted molar refractivity (Wildman–Crippen MR) is 93.2 cm³/mol. The summed E-state index contributed by atoms with van der Waals surface area (Å²) in [5.41, 5.74) is 3.55. The Balaban J connectivity index is 1.69. The maximum atomic E-state index is 13.2. The van der Waals surface area contributed by atoms with Gasteiger partial charge in [0.2, 0.25) is 10.0 Å². The number of rotatable bonds is 3. The van der Waals surface area contributed by atoms with Gasteiger partial charge >= 0.3 is 0 Å². The fourth-order valence-electron chi connectivity index (χ4n) is 3.95. The first-order chi connectivity index (χ1) is 11.7. The zero-order valence-electron chi connectivity index (χ0n) is 13.7. The highest BCUT2D eigenvalue weighted by Crippen LogP contribution is 2.37. The topological polar surface area (TPSA) is 50.3 Å². The molecule has 2 aliphatic rings.